The van der Waals surface area contributed by atoms with Gasteiger partial charge in [-0.15, -0.1) is 0 Å². The smallest absolute Gasteiger partial charge is 0.331 e. The van der Waals surface area contributed by atoms with Crippen LogP contribution in [0.2, 0.25) is 0 Å². The van der Waals surface area contributed by atoms with Crippen molar-refractivity contribution in [3.8, 4) is 0 Å². The first kappa shape index (κ1) is 20.7. The van der Waals surface area contributed by atoms with Crippen LogP contribution in [0.4, 0.5) is 4.39 Å². The molecule has 3 fully saturated rings. The zero-order valence-corrected chi connectivity index (χ0v) is 16.2. The van der Waals surface area contributed by atoms with Crippen molar-refractivity contribution in [3.05, 3.63) is 33.1 Å². The fourth-order valence-corrected chi connectivity index (χ4v) is 3.95. The molecule has 4 rings (SSSR count). The summed E-state index contributed by atoms with van der Waals surface area (Å²) in [7, 11) is 0. The summed E-state index contributed by atoms with van der Waals surface area (Å²) in [4.78, 5) is 25.7. The first-order valence-electron chi connectivity index (χ1n) is 10.2. The van der Waals surface area contributed by atoms with Crippen LogP contribution in [0, 0.1) is 0 Å². The molecule has 3 aliphatic heterocycles. The molecular formula is C19H27FN2O7. The van der Waals surface area contributed by atoms with Crippen molar-refractivity contribution < 1.29 is 28.1 Å². The van der Waals surface area contributed by atoms with Gasteiger partial charge in [-0.1, -0.05) is 0 Å². The maximum atomic E-state index is 16.1. The van der Waals surface area contributed by atoms with E-state index in [1.165, 1.54) is 0 Å². The highest BCUT2D eigenvalue weighted by molar-refractivity contribution is 4.99. The molecule has 29 heavy (non-hydrogen) atoms. The van der Waals surface area contributed by atoms with Gasteiger partial charge in [-0.3, -0.25) is 14.3 Å². The van der Waals surface area contributed by atoms with E-state index in [2.05, 4.69) is 4.98 Å². The lowest BCUT2D eigenvalue weighted by Gasteiger charge is -2.34. The summed E-state index contributed by atoms with van der Waals surface area (Å²) >= 11 is 0. The Balaban J connectivity index is 1.54. The van der Waals surface area contributed by atoms with E-state index < -0.39 is 42.1 Å². The summed E-state index contributed by atoms with van der Waals surface area (Å²) in [5, 5.41) is 0. The third-order valence-corrected chi connectivity index (χ3v) is 5.52. The summed E-state index contributed by atoms with van der Waals surface area (Å²) in [5.41, 5.74) is -1.46. The van der Waals surface area contributed by atoms with Gasteiger partial charge in [0.2, 0.25) is 5.79 Å². The first-order valence-corrected chi connectivity index (χ1v) is 10.2. The van der Waals surface area contributed by atoms with Crippen LogP contribution in [-0.2, 0) is 29.5 Å². The number of halogens is 1. The standard InChI is InChI=1S/C19H27FN2O7/c20-19(22-8-7-14(23)21-18(22)24)12-28-13(11-27-15-5-1-3-9-25-15)17(19)29-16-6-2-4-10-26-16/h7-8,13,15-17H,1-6,9-12H2,(H,21,23,24). The molecule has 0 aliphatic carbocycles. The number of ether oxygens (including phenoxy) is 5. The number of hydrogen-bond donors (Lipinski definition) is 1. The maximum absolute atomic E-state index is 16.1. The minimum Gasteiger partial charge on any atom is -0.367 e. The molecule has 1 N–H and O–H groups in total. The minimum atomic E-state index is -2.30. The van der Waals surface area contributed by atoms with Crippen molar-refractivity contribution in [3.63, 3.8) is 0 Å². The number of nitrogens with one attached hydrogen (secondary N) is 1. The van der Waals surface area contributed by atoms with Crippen LogP contribution >= 0.6 is 0 Å². The molecule has 3 aliphatic rings. The molecule has 9 nitrogen and oxygen atoms in total. The zero-order valence-electron chi connectivity index (χ0n) is 16.2. The van der Waals surface area contributed by atoms with Gasteiger partial charge >= 0.3 is 5.69 Å². The van der Waals surface area contributed by atoms with E-state index in [4.69, 9.17) is 23.7 Å². The van der Waals surface area contributed by atoms with E-state index in [0.717, 1.165) is 48.9 Å². The number of nitrogens with zero attached hydrogens (tertiary/aromatic N) is 1. The van der Waals surface area contributed by atoms with E-state index in [-0.39, 0.29) is 12.9 Å². The normalized spacial score (nSPS) is 35.6. The van der Waals surface area contributed by atoms with Crippen molar-refractivity contribution in [2.24, 2.45) is 0 Å². The highest BCUT2D eigenvalue weighted by Crippen LogP contribution is 2.37. The average Bonchev–Trinajstić information content (AvgIpc) is 3.04. The average molecular weight is 414 g/mol. The summed E-state index contributed by atoms with van der Waals surface area (Å²) in [6.07, 6.45) is 3.51. The lowest BCUT2D eigenvalue weighted by atomic mass is 10.1. The second kappa shape index (κ2) is 9.05. The number of rotatable bonds is 6. The van der Waals surface area contributed by atoms with Crippen LogP contribution in [0.1, 0.15) is 38.5 Å². The van der Waals surface area contributed by atoms with Gasteiger partial charge < -0.3 is 23.7 Å². The maximum Gasteiger partial charge on any atom is 0.331 e. The molecule has 1 aromatic heterocycles. The van der Waals surface area contributed by atoms with Crippen LogP contribution in [0.25, 0.3) is 0 Å². The fraction of sp³-hybridized carbons (Fsp3) is 0.789. The van der Waals surface area contributed by atoms with Gasteiger partial charge in [0.1, 0.15) is 18.8 Å². The number of alkyl halides is 1. The molecule has 0 spiro atoms. The number of hydrogen-bond acceptors (Lipinski definition) is 7. The summed E-state index contributed by atoms with van der Waals surface area (Å²) in [6, 6.07) is 1.09. The molecule has 0 bridgehead atoms. The Bertz CT molecular complexity index is 787. The van der Waals surface area contributed by atoms with E-state index in [1.807, 2.05) is 0 Å². The Hall–Kier alpha value is -1.59. The second-order valence-electron chi connectivity index (χ2n) is 7.63. The van der Waals surface area contributed by atoms with E-state index in [0.29, 0.717) is 19.6 Å². The fourth-order valence-electron chi connectivity index (χ4n) is 3.95. The van der Waals surface area contributed by atoms with Crippen molar-refractivity contribution in [2.75, 3.05) is 26.4 Å². The van der Waals surface area contributed by atoms with Crippen molar-refractivity contribution in [1.29, 1.82) is 0 Å². The first-order chi connectivity index (χ1) is 14.1. The van der Waals surface area contributed by atoms with Gasteiger partial charge in [-0.05, 0) is 38.5 Å². The van der Waals surface area contributed by atoms with E-state index in [1.54, 1.807) is 0 Å². The molecule has 1 aromatic rings. The number of aromatic amines is 1. The number of aromatic nitrogens is 2. The molecule has 5 atom stereocenters. The molecule has 5 unspecified atom stereocenters. The molecule has 10 heteroatoms. The molecule has 162 valence electrons. The highest BCUT2D eigenvalue weighted by Gasteiger charge is 2.55. The van der Waals surface area contributed by atoms with Crippen LogP contribution in [0.3, 0.4) is 0 Å². The van der Waals surface area contributed by atoms with Crippen molar-refractivity contribution in [2.45, 2.75) is 69.1 Å². The second-order valence-corrected chi connectivity index (χ2v) is 7.63. The minimum absolute atomic E-state index is 0.0613. The monoisotopic (exact) mass is 414 g/mol. The molecule has 0 saturated carbocycles. The highest BCUT2D eigenvalue weighted by atomic mass is 19.1. The van der Waals surface area contributed by atoms with Crippen LogP contribution in [-0.4, -0.2) is 60.8 Å². The summed E-state index contributed by atoms with van der Waals surface area (Å²) < 4.78 is 45.5. The Morgan fingerprint density at radius 3 is 2.48 bits per heavy atom. The quantitative estimate of drug-likeness (QED) is 0.741. The third kappa shape index (κ3) is 4.61. The topological polar surface area (TPSA) is 101 Å². The molecule has 0 aromatic carbocycles. The molecule has 3 saturated heterocycles. The van der Waals surface area contributed by atoms with Gasteiger partial charge in [0.25, 0.3) is 5.56 Å². The van der Waals surface area contributed by atoms with Gasteiger partial charge in [0, 0.05) is 25.5 Å². The lowest BCUT2D eigenvalue weighted by molar-refractivity contribution is -0.236. The molecule has 0 amide bonds. The van der Waals surface area contributed by atoms with Crippen molar-refractivity contribution in [1.82, 2.24) is 9.55 Å². The largest absolute Gasteiger partial charge is 0.367 e. The van der Waals surface area contributed by atoms with Crippen LogP contribution < -0.4 is 11.2 Å². The third-order valence-electron chi connectivity index (χ3n) is 5.52. The molecule has 4 heterocycles. The van der Waals surface area contributed by atoms with Crippen molar-refractivity contribution >= 4 is 0 Å². The zero-order chi connectivity index (χ0) is 20.3. The van der Waals surface area contributed by atoms with Crippen LogP contribution in [0.15, 0.2) is 21.9 Å². The Morgan fingerprint density at radius 2 is 1.83 bits per heavy atom. The predicted molar refractivity (Wildman–Crippen MR) is 98.2 cm³/mol. The van der Waals surface area contributed by atoms with E-state index >= 15 is 4.39 Å². The Labute approximate surface area is 167 Å². The molecule has 0 radical (unpaired) electrons. The van der Waals surface area contributed by atoms with Gasteiger partial charge in [-0.2, -0.15) is 0 Å². The van der Waals surface area contributed by atoms with E-state index in [9.17, 15) is 9.59 Å². The van der Waals surface area contributed by atoms with Gasteiger partial charge in [0.05, 0.1) is 6.61 Å². The predicted octanol–water partition coefficient (Wildman–Crippen LogP) is 1.01. The summed E-state index contributed by atoms with van der Waals surface area (Å²) in [5.74, 6) is -2.30. The van der Waals surface area contributed by atoms with Gasteiger partial charge in [-0.25, -0.2) is 9.18 Å². The Morgan fingerprint density at radius 1 is 1.10 bits per heavy atom. The van der Waals surface area contributed by atoms with Crippen LogP contribution in [0.5, 0.6) is 0 Å². The SMILES string of the molecule is O=c1ccn(C2(F)COC(COC3CCCCO3)C2OC2CCCCO2)c(=O)[nH]1. The lowest BCUT2D eigenvalue weighted by Crippen LogP contribution is -2.52. The Kier molecular flexibility index (Phi) is 6.45. The number of H-pyrrole nitrogens is 1. The van der Waals surface area contributed by atoms with Gasteiger partial charge in [0.15, 0.2) is 12.6 Å². The molecular weight excluding hydrogens is 387 g/mol. The summed E-state index contributed by atoms with van der Waals surface area (Å²) in [6.45, 7) is 0.820.